The van der Waals surface area contributed by atoms with Crippen molar-refractivity contribution in [2.24, 2.45) is 0 Å². The highest BCUT2D eigenvalue weighted by Gasteiger charge is 2.22. The lowest BCUT2D eigenvalue weighted by Crippen LogP contribution is -2.38. The average molecular weight is 266 g/mol. The number of hydrogen-bond acceptors (Lipinski definition) is 3. The first-order valence-electron chi connectivity index (χ1n) is 5.37. The molecule has 0 radical (unpaired) electrons. The lowest BCUT2D eigenvalue weighted by atomic mass is 10.1. The number of carbonyl (C=O) groups excluding carboxylic acids is 1. The highest BCUT2D eigenvalue weighted by atomic mass is 32.2. The van der Waals surface area contributed by atoms with Gasteiger partial charge in [-0.25, -0.2) is 0 Å². The molecule has 1 fully saturated rings. The van der Waals surface area contributed by atoms with E-state index in [9.17, 15) is 4.79 Å². The molecule has 1 aliphatic heterocycles. The molecule has 0 unspecified atom stereocenters. The maximum absolute atomic E-state index is 12.1. The lowest BCUT2D eigenvalue weighted by Gasteiger charge is -2.24. The molecule has 1 amide bonds. The number of anilines is 1. The van der Waals surface area contributed by atoms with Crippen LogP contribution < -0.4 is 10.2 Å². The molecule has 1 N–H and O–H groups in total. The van der Waals surface area contributed by atoms with Crippen molar-refractivity contribution in [2.75, 3.05) is 17.3 Å². The molecule has 1 saturated heterocycles. The van der Waals surface area contributed by atoms with Crippen LogP contribution >= 0.6 is 24.0 Å². The monoisotopic (exact) mass is 266 g/mol. The Morgan fingerprint density at radius 1 is 1.35 bits per heavy atom. The largest absolute Gasteiger partial charge is 0.353 e. The van der Waals surface area contributed by atoms with Crippen LogP contribution in [0, 0.1) is 13.8 Å². The summed E-state index contributed by atoms with van der Waals surface area (Å²) < 4.78 is 0.687. The van der Waals surface area contributed by atoms with Crippen LogP contribution in [0.1, 0.15) is 11.1 Å². The maximum Gasteiger partial charge on any atom is 0.238 e. The van der Waals surface area contributed by atoms with Gasteiger partial charge in [-0.3, -0.25) is 9.69 Å². The average Bonchev–Trinajstić information content (AvgIpc) is 2.44. The van der Waals surface area contributed by atoms with E-state index in [1.54, 1.807) is 4.90 Å². The molecule has 0 saturated carbocycles. The van der Waals surface area contributed by atoms with Gasteiger partial charge >= 0.3 is 0 Å². The van der Waals surface area contributed by atoms with Gasteiger partial charge in [0.15, 0.2) is 0 Å². The number of benzene rings is 1. The zero-order valence-corrected chi connectivity index (χ0v) is 11.5. The van der Waals surface area contributed by atoms with E-state index in [2.05, 4.69) is 5.32 Å². The summed E-state index contributed by atoms with van der Waals surface area (Å²) in [6, 6.07) is 6.04. The first-order chi connectivity index (χ1) is 8.09. The van der Waals surface area contributed by atoms with Gasteiger partial charge in [0, 0.05) is 0 Å². The summed E-state index contributed by atoms with van der Waals surface area (Å²) in [5.74, 6) is 0.499. The van der Waals surface area contributed by atoms with E-state index in [0.717, 1.165) is 16.8 Å². The fourth-order valence-corrected chi connectivity index (χ4v) is 2.74. The Morgan fingerprint density at radius 2 is 2.00 bits per heavy atom. The SMILES string of the molecule is Cc1cccc(C)c1N1CNC(=S)SCC1=O. The van der Waals surface area contributed by atoms with E-state index in [4.69, 9.17) is 12.2 Å². The standard InChI is InChI=1S/C12H14N2OS2/c1-8-4-3-5-9(2)11(8)14-7-13-12(16)17-6-10(14)15/h3-5H,6-7H2,1-2H3,(H,13,16). The zero-order valence-electron chi connectivity index (χ0n) is 9.82. The van der Waals surface area contributed by atoms with Crippen LogP contribution in [0.15, 0.2) is 18.2 Å². The summed E-state index contributed by atoms with van der Waals surface area (Å²) in [4.78, 5) is 13.8. The number of thioether (sulfide) groups is 1. The number of nitrogens with zero attached hydrogens (tertiary/aromatic N) is 1. The molecule has 90 valence electrons. The third-order valence-electron chi connectivity index (χ3n) is 2.72. The highest BCUT2D eigenvalue weighted by molar-refractivity contribution is 8.23. The normalized spacial score (nSPS) is 16.7. The maximum atomic E-state index is 12.1. The quantitative estimate of drug-likeness (QED) is 0.790. The van der Waals surface area contributed by atoms with Crippen molar-refractivity contribution in [2.45, 2.75) is 13.8 Å². The number of thiocarbonyl (C=S) groups is 1. The van der Waals surface area contributed by atoms with Gasteiger partial charge in [-0.1, -0.05) is 42.2 Å². The van der Waals surface area contributed by atoms with Gasteiger partial charge in [0.05, 0.1) is 18.1 Å². The Balaban J connectivity index is 2.38. The fraction of sp³-hybridized carbons (Fsp3) is 0.333. The molecule has 1 aliphatic rings. The van der Waals surface area contributed by atoms with Crippen LogP contribution in [0.25, 0.3) is 0 Å². The molecule has 0 atom stereocenters. The molecular weight excluding hydrogens is 252 g/mol. The predicted octanol–water partition coefficient (Wildman–Crippen LogP) is 2.22. The van der Waals surface area contributed by atoms with Crippen molar-refractivity contribution in [3.8, 4) is 0 Å². The number of amides is 1. The Bertz CT molecular complexity index is 453. The van der Waals surface area contributed by atoms with Gasteiger partial charge in [0.25, 0.3) is 0 Å². The molecular formula is C12H14N2OS2. The van der Waals surface area contributed by atoms with Crippen LogP contribution in [-0.2, 0) is 4.79 Å². The zero-order chi connectivity index (χ0) is 12.4. The molecule has 0 spiro atoms. The van der Waals surface area contributed by atoms with Gasteiger partial charge in [0.2, 0.25) is 5.91 Å². The summed E-state index contributed by atoms with van der Waals surface area (Å²) in [6.07, 6.45) is 0. The van der Waals surface area contributed by atoms with Crippen molar-refractivity contribution in [1.82, 2.24) is 5.32 Å². The Morgan fingerprint density at radius 3 is 2.65 bits per heavy atom. The smallest absolute Gasteiger partial charge is 0.238 e. The summed E-state index contributed by atoms with van der Waals surface area (Å²) in [7, 11) is 0. The number of para-hydroxylation sites is 1. The fourth-order valence-electron chi connectivity index (χ4n) is 1.92. The molecule has 3 nitrogen and oxygen atoms in total. The van der Waals surface area contributed by atoms with Crippen LogP contribution in [0.3, 0.4) is 0 Å². The summed E-state index contributed by atoms with van der Waals surface area (Å²) in [5, 5.41) is 3.08. The van der Waals surface area contributed by atoms with E-state index >= 15 is 0 Å². The molecule has 17 heavy (non-hydrogen) atoms. The third kappa shape index (κ3) is 2.61. The Hall–Kier alpha value is -1.07. The lowest BCUT2D eigenvalue weighted by molar-refractivity contribution is -0.116. The van der Waals surface area contributed by atoms with Gasteiger partial charge in [-0.2, -0.15) is 0 Å². The van der Waals surface area contributed by atoms with Crippen molar-refractivity contribution in [3.05, 3.63) is 29.3 Å². The van der Waals surface area contributed by atoms with Crippen molar-refractivity contribution in [3.63, 3.8) is 0 Å². The van der Waals surface area contributed by atoms with Crippen molar-refractivity contribution >= 4 is 39.9 Å². The first kappa shape index (κ1) is 12.4. The number of hydrogen-bond donors (Lipinski definition) is 1. The van der Waals surface area contributed by atoms with Gasteiger partial charge in [0.1, 0.15) is 4.32 Å². The van der Waals surface area contributed by atoms with E-state index < -0.39 is 0 Å². The van der Waals surface area contributed by atoms with Gasteiger partial charge in [-0.15, -0.1) is 0 Å². The molecule has 2 rings (SSSR count). The number of aryl methyl sites for hydroxylation is 2. The number of carbonyl (C=O) groups is 1. The van der Waals surface area contributed by atoms with Crippen LogP contribution in [-0.4, -0.2) is 22.6 Å². The van der Waals surface area contributed by atoms with E-state index in [1.807, 2.05) is 32.0 Å². The second-order valence-electron chi connectivity index (χ2n) is 3.97. The molecule has 0 aromatic heterocycles. The molecule has 1 aromatic carbocycles. The van der Waals surface area contributed by atoms with Crippen LogP contribution in [0.2, 0.25) is 0 Å². The predicted molar refractivity (Wildman–Crippen MR) is 76.5 cm³/mol. The second kappa shape index (κ2) is 5.06. The molecule has 0 aliphatic carbocycles. The minimum Gasteiger partial charge on any atom is -0.353 e. The third-order valence-corrected chi connectivity index (χ3v) is 4.01. The van der Waals surface area contributed by atoms with Crippen LogP contribution in [0.5, 0.6) is 0 Å². The minimum absolute atomic E-state index is 0.0970. The molecule has 1 aromatic rings. The first-order valence-corrected chi connectivity index (χ1v) is 6.76. The number of rotatable bonds is 1. The van der Waals surface area contributed by atoms with E-state index in [-0.39, 0.29) is 5.91 Å². The topological polar surface area (TPSA) is 32.3 Å². The summed E-state index contributed by atoms with van der Waals surface area (Å²) >= 11 is 6.47. The minimum atomic E-state index is 0.0970. The summed E-state index contributed by atoms with van der Waals surface area (Å²) in [5.41, 5.74) is 3.21. The van der Waals surface area contributed by atoms with Gasteiger partial charge < -0.3 is 5.32 Å². The second-order valence-corrected chi connectivity index (χ2v) is 5.63. The van der Waals surface area contributed by atoms with Crippen molar-refractivity contribution < 1.29 is 4.79 Å². The molecule has 1 heterocycles. The highest BCUT2D eigenvalue weighted by Crippen LogP contribution is 2.26. The van der Waals surface area contributed by atoms with Crippen molar-refractivity contribution in [1.29, 1.82) is 0 Å². The molecule has 5 heteroatoms. The molecule has 0 bridgehead atoms. The van der Waals surface area contributed by atoms with E-state index in [1.165, 1.54) is 11.8 Å². The summed E-state index contributed by atoms with van der Waals surface area (Å²) in [6.45, 7) is 4.49. The van der Waals surface area contributed by atoms with Crippen LogP contribution in [0.4, 0.5) is 5.69 Å². The Kier molecular flexibility index (Phi) is 3.69. The Labute approximate surface area is 111 Å². The number of nitrogens with one attached hydrogen (secondary N) is 1. The van der Waals surface area contributed by atoms with E-state index in [0.29, 0.717) is 16.7 Å². The van der Waals surface area contributed by atoms with Gasteiger partial charge in [-0.05, 0) is 25.0 Å².